The molecule has 2 aromatic carbocycles. The molecule has 0 spiro atoms. The summed E-state index contributed by atoms with van der Waals surface area (Å²) in [6.07, 6.45) is 2.20. The Hall–Kier alpha value is -2.09. The van der Waals surface area contributed by atoms with Crippen LogP contribution in [0, 0.1) is 0 Å². The predicted molar refractivity (Wildman–Crippen MR) is 72.8 cm³/mol. The van der Waals surface area contributed by atoms with E-state index in [1.165, 1.54) is 5.56 Å². The highest BCUT2D eigenvalue weighted by Gasteiger charge is 2.03. The quantitative estimate of drug-likeness (QED) is 0.876. The second kappa shape index (κ2) is 5.50. The molecule has 0 aliphatic heterocycles. The van der Waals surface area contributed by atoms with E-state index in [1.807, 2.05) is 18.2 Å². The largest absolute Gasteiger partial charge is 0.478 e. The van der Waals surface area contributed by atoms with Crippen LogP contribution in [0.2, 0.25) is 0 Å². The fourth-order valence-electron chi connectivity index (χ4n) is 2.00. The predicted octanol–water partition coefficient (Wildman–Crippen LogP) is 4.00. The van der Waals surface area contributed by atoms with Gasteiger partial charge < -0.3 is 5.11 Å². The molecule has 2 nitrogen and oxygen atoms in total. The average molecular weight is 240 g/mol. The molecule has 0 heterocycles. The van der Waals surface area contributed by atoms with E-state index in [9.17, 15) is 4.79 Å². The van der Waals surface area contributed by atoms with Crippen LogP contribution in [-0.2, 0) is 6.42 Å². The second-order valence-electron chi connectivity index (χ2n) is 4.33. The number of carbonyl (C=O) groups is 1. The molecule has 0 radical (unpaired) electrons. The van der Waals surface area contributed by atoms with Crippen molar-refractivity contribution in [2.75, 3.05) is 0 Å². The Labute approximate surface area is 107 Å². The van der Waals surface area contributed by atoms with Crippen LogP contribution in [0.25, 0.3) is 11.1 Å². The lowest BCUT2D eigenvalue weighted by molar-refractivity contribution is 0.0697. The summed E-state index contributed by atoms with van der Waals surface area (Å²) >= 11 is 0. The van der Waals surface area contributed by atoms with Crippen molar-refractivity contribution in [3.63, 3.8) is 0 Å². The Bertz CT molecular complexity index is 541. The molecule has 0 saturated carbocycles. The van der Waals surface area contributed by atoms with E-state index in [0.717, 1.165) is 24.0 Å². The molecule has 2 rings (SSSR count). The van der Waals surface area contributed by atoms with Gasteiger partial charge >= 0.3 is 5.97 Å². The summed E-state index contributed by atoms with van der Waals surface area (Å²) in [4.78, 5) is 10.8. The summed E-state index contributed by atoms with van der Waals surface area (Å²) < 4.78 is 0. The van der Waals surface area contributed by atoms with Gasteiger partial charge in [0, 0.05) is 0 Å². The molecule has 0 unspecified atom stereocenters. The van der Waals surface area contributed by atoms with Gasteiger partial charge in [-0.1, -0.05) is 49.7 Å². The lowest BCUT2D eigenvalue weighted by Crippen LogP contribution is -1.95. The molecule has 1 N–H and O–H groups in total. The first-order valence-electron chi connectivity index (χ1n) is 6.13. The molecular formula is C16H16O2. The van der Waals surface area contributed by atoms with Gasteiger partial charge in [-0.15, -0.1) is 0 Å². The molecule has 0 atom stereocenters. The van der Waals surface area contributed by atoms with Crippen molar-refractivity contribution in [3.8, 4) is 11.1 Å². The molecule has 0 aliphatic carbocycles. The van der Waals surface area contributed by atoms with Gasteiger partial charge in [0.25, 0.3) is 0 Å². The second-order valence-corrected chi connectivity index (χ2v) is 4.33. The number of aryl methyl sites for hydroxylation is 1. The summed E-state index contributed by atoms with van der Waals surface area (Å²) in [5.41, 5.74) is 3.83. The van der Waals surface area contributed by atoms with Crippen molar-refractivity contribution in [2.24, 2.45) is 0 Å². The van der Waals surface area contributed by atoms with E-state index in [4.69, 9.17) is 5.11 Å². The van der Waals surface area contributed by atoms with Crippen molar-refractivity contribution in [3.05, 3.63) is 59.7 Å². The molecule has 18 heavy (non-hydrogen) atoms. The van der Waals surface area contributed by atoms with E-state index in [-0.39, 0.29) is 0 Å². The number of benzene rings is 2. The van der Waals surface area contributed by atoms with Crippen molar-refractivity contribution < 1.29 is 9.90 Å². The van der Waals surface area contributed by atoms with E-state index in [0.29, 0.717) is 5.56 Å². The van der Waals surface area contributed by atoms with Crippen molar-refractivity contribution in [1.29, 1.82) is 0 Å². The van der Waals surface area contributed by atoms with Gasteiger partial charge in [0.15, 0.2) is 0 Å². The highest BCUT2D eigenvalue weighted by molar-refractivity contribution is 5.88. The summed E-state index contributed by atoms with van der Waals surface area (Å²) in [6, 6.07) is 15.4. The minimum Gasteiger partial charge on any atom is -0.478 e. The molecule has 0 bridgehead atoms. The van der Waals surface area contributed by atoms with Crippen LogP contribution in [0.5, 0.6) is 0 Å². The van der Waals surface area contributed by atoms with Crippen LogP contribution < -0.4 is 0 Å². The highest BCUT2D eigenvalue weighted by Crippen LogP contribution is 2.21. The van der Waals surface area contributed by atoms with Crippen LogP contribution in [-0.4, -0.2) is 11.1 Å². The Kier molecular flexibility index (Phi) is 3.78. The molecule has 0 saturated heterocycles. The molecular weight excluding hydrogens is 224 g/mol. The SMILES string of the molecule is CCCc1cccc(-c2ccc(C(=O)O)cc2)c1. The molecule has 2 aromatic rings. The minimum atomic E-state index is -0.888. The van der Waals surface area contributed by atoms with Crippen LogP contribution >= 0.6 is 0 Å². The summed E-state index contributed by atoms with van der Waals surface area (Å²) in [5.74, 6) is -0.888. The van der Waals surface area contributed by atoms with E-state index < -0.39 is 5.97 Å². The van der Waals surface area contributed by atoms with Gasteiger partial charge in [-0.3, -0.25) is 0 Å². The number of aromatic carboxylic acids is 1. The van der Waals surface area contributed by atoms with Crippen molar-refractivity contribution >= 4 is 5.97 Å². The van der Waals surface area contributed by atoms with Crippen molar-refractivity contribution in [2.45, 2.75) is 19.8 Å². The lowest BCUT2D eigenvalue weighted by atomic mass is 10.0. The monoisotopic (exact) mass is 240 g/mol. The van der Waals surface area contributed by atoms with Gasteiger partial charge in [0.1, 0.15) is 0 Å². The van der Waals surface area contributed by atoms with Gasteiger partial charge in [0.05, 0.1) is 5.56 Å². The number of carboxylic acid groups (broad SMARTS) is 1. The number of carboxylic acids is 1. The highest BCUT2D eigenvalue weighted by atomic mass is 16.4. The van der Waals surface area contributed by atoms with Gasteiger partial charge in [-0.25, -0.2) is 4.79 Å². The van der Waals surface area contributed by atoms with E-state index in [1.54, 1.807) is 12.1 Å². The first kappa shape index (κ1) is 12.4. The van der Waals surface area contributed by atoms with Gasteiger partial charge in [0.2, 0.25) is 0 Å². The van der Waals surface area contributed by atoms with Crippen LogP contribution in [0.4, 0.5) is 0 Å². The summed E-state index contributed by atoms with van der Waals surface area (Å²) in [6.45, 7) is 2.16. The lowest BCUT2D eigenvalue weighted by Gasteiger charge is -2.05. The Morgan fingerprint density at radius 3 is 2.39 bits per heavy atom. The maximum absolute atomic E-state index is 10.8. The Balaban J connectivity index is 2.30. The Morgan fingerprint density at radius 2 is 1.78 bits per heavy atom. The molecule has 92 valence electrons. The zero-order valence-corrected chi connectivity index (χ0v) is 10.4. The molecule has 0 amide bonds. The number of hydrogen-bond acceptors (Lipinski definition) is 1. The van der Waals surface area contributed by atoms with E-state index in [2.05, 4.69) is 25.1 Å². The molecule has 0 fully saturated rings. The average Bonchev–Trinajstić information content (AvgIpc) is 2.39. The summed E-state index contributed by atoms with van der Waals surface area (Å²) in [7, 11) is 0. The molecule has 0 aliphatic rings. The smallest absolute Gasteiger partial charge is 0.335 e. The van der Waals surface area contributed by atoms with Crippen LogP contribution in [0.15, 0.2) is 48.5 Å². The molecule has 2 heteroatoms. The fraction of sp³-hybridized carbons (Fsp3) is 0.188. The van der Waals surface area contributed by atoms with Crippen LogP contribution in [0.3, 0.4) is 0 Å². The maximum Gasteiger partial charge on any atom is 0.335 e. The third-order valence-corrected chi connectivity index (χ3v) is 2.93. The zero-order chi connectivity index (χ0) is 13.0. The number of hydrogen-bond donors (Lipinski definition) is 1. The third-order valence-electron chi connectivity index (χ3n) is 2.93. The fourth-order valence-corrected chi connectivity index (χ4v) is 2.00. The topological polar surface area (TPSA) is 37.3 Å². The first-order valence-corrected chi connectivity index (χ1v) is 6.13. The van der Waals surface area contributed by atoms with E-state index >= 15 is 0 Å². The standard InChI is InChI=1S/C16H16O2/c1-2-4-12-5-3-6-15(11-12)13-7-9-14(10-8-13)16(17)18/h3,5-11H,2,4H2,1H3,(H,17,18). The summed E-state index contributed by atoms with van der Waals surface area (Å²) in [5, 5.41) is 8.86. The van der Waals surface area contributed by atoms with Crippen LogP contribution in [0.1, 0.15) is 29.3 Å². The minimum absolute atomic E-state index is 0.323. The van der Waals surface area contributed by atoms with Gasteiger partial charge in [-0.2, -0.15) is 0 Å². The Morgan fingerprint density at radius 1 is 1.06 bits per heavy atom. The number of rotatable bonds is 4. The first-order chi connectivity index (χ1) is 8.70. The van der Waals surface area contributed by atoms with Crippen molar-refractivity contribution in [1.82, 2.24) is 0 Å². The zero-order valence-electron chi connectivity index (χ0n) is 10.4. The van der Waals surface area contributed by atoms with Gasteiger partial charge in [-0.05, 0) is 35.2 Å². The normalized spacial score (nSPS) is 10.3. The molecule has 0 aromatic heterocycles. The maximum atomic E-state index is 10.8. The third kappa shape index (κ3) is 2.77.